The third kappa shape index (κ3) is 11.5. The summed E-state index contributed by atoms with van der Waals surface area (Å²) in [6, 6.07) is 9.46. The molecule has 4 bridgehead atoms. The average molecular weight is 851 g/mol. The van der Waals surface area contributed by atoms with Crippen molar-refractivity contribution >= 4 is 30.2 Å². The Morgan fingerprint density at radius 1 is 0.770 bits per heavy atom. The Morgan fingerprint density at radius 2 is 1.38 bits per heavy atom. The fraction of sp³-hybridized carbons (Fsp3) is 0.622. The van der Waals surface area contributed by atoms with Crippen molar-refractivity contribution in [2.24, 2.45) is 28.6 Å². The van der Waals surface area contributed by atoms with Crippen molar-refractivity contribution in [3.8, 4) is 23.0 Å². The van der Waals surface area contributed by atoms with E-state index >= 15 is 0 Å². The maximum atomic E-state index is 13.3. The number of amides is 4. The summed E-state index contributed by atoms with van der Waals surface area (Å²) in [6.07, 6.45) is 4.87. The number of hydrogen-bond donors (Lipinski definition) is 4. The quantitative estimate of drug-likeness (QED) is 0.0894. The molecule has 16 nitrogen and oxygen atoms in total. The Bertz CT molecular complexity index is 1950. The topological polar surface area (TPSA) is 198 Å². The van der Waals surface area contributed by atoms with Crippen LogP contribution in [-0.4, -0.2) is 95.0 Å². The van der Waals surface area contributed by atoms with Crippen LogP contribution in [0.15, 0.2) is 36.4 Å². The van der Waals surface area contributed by atoms with Gasteiger partial charge in [-0.15, -0.1) is 0 Å². The summed E-state index contributed by atoms with van der Waals surface area (Å²) in [4.78, 5) is 64.8. The van der Waals surface area contributed by atoms with Gasteiger partial charge in [0.15, 0.2) is 23.0 Å². The van der Waals surface area contributed by atoms with Crippen LogP contribution < -0.4 is 40.2 Å². The maximum absolute atomic E-state index is 13.3. The Morgan fingerprint density at radius 3 is 2.00 bits per heavy atom. The molecule has 334 valence electrons. The lowest BCUT2D eigenvalue weighted by molar-refractivity contribution is -0.141. The summed E-state index contributed by atoms with van der Waals surface area (Å²) in [5, 5.41) is 10.9. The molecule has 5 aliphatic rings. The lowest BCUT2D eigenvalue weighted by atomic mass is 9.43. The van der Waals surface area contributed by atoms with Gasteiger partial charge in [0.05, 0.1) is 33.9 Å². The van der Waals surface area contributed by atoms with Crippen molar-refractivity contribution in [3.63, 3.8) is 0 Å². The number of ether oxygens (including phenoxy) is 7. The zero-order chi connectivity index (χ0) is 44.2. The summed E-state index contributed by atoms with van der Waals surface area (Å²) in [7, 11) is 4.60. The summed E-state index contributed by atoms with van der Waals surface area (Å²) >= 11 is 0. The van der Waals surface area contributed by atoms with Gasteiger partial charge in [-0.2, -0.15) is 0 Å². The zero-order valence-corrected chi connectivity index (χ0v) is 36.7. The van der Waals surface area contributed by atoms with Crippen molar-refractivity contribution in [1.29, 1.82) is 0 Å². The molecule has 1 aliphatic heterocycles. The third-order valence-corrected chi connectivity index (χ3v) is 12.2. The fourth-order valence-electron chi connectivity index (χ4n) is 10.8. The number of alkyl carbamates (subject to hydrolysis) is 2. The van der Waals surface area contributed by atoms with Crippen LogP contribution in [0.4, 0.5) is 14.4 Å². The molecule has 2 aromatic rings. The number of nitrogens with one attached hydrogen (secondary N) is 4. The van der Waals surface area contributed by atoms with Gasteiger partial charge in [0.1, 0.15) is 18.2 Å². The van der Waals surface area contributed by atoms with Crippen molar-refractivity contribution in [2.45, 2.75) is 103 Å². The van der Waals surface area contributed by atoms with Crippen LogP contribution in [0.2, 0.25) is 0 Å². The minimum Gasteiger partial charge on any atom is -0.493 e. The second-order valence-corrected chi connectivity index (χ2v) is 19.0. The van der Waals surface area contributed by atoms with Crippen LogP contribution in [0.1, 0.15) is 84.3 Å². The predicted octanol–water partition coefficient (Wildman–Crippen LogP) is 5.86. The van der Waals surface area contributed by atoms with E-state index in [1.165, 1.54) is 20.0 Å². The smallest absolute Gasteiger partial charge is 0.412 e. The van der Waals surface area contributed by atoms with Gasteiger partial charge < -0.3 is 54.4 Å². The first kappa shape index (κ1) is 45.1. The molecule has 5 fully saturated rings. The Hall–Kier alpha value is -5.41. The highest BCUT2D eigenvalue weighted by Gasteiger charge is 2.60. The number of cyclic esters (lactones) is 1. The van der Waals surface area contributed by atoms with Gasteiger partial charge in [-0.1, -0.05) is 26.0 Å². The van der Waals surface area contributed by atoms with E-state index in [-0.39, 0.29) is 52.8 Å². The molecule has 61 heavy (non-hydrogen) atoms. The number of hydrogen-bond acceptors (Lipinski definition) is 12. The zero-order valence-electron chi connectivity index (χ0n) is 36.7. The SMILES string of the molecule is COc1ccc(C[C@H]2COC(=O)[C@@H]2Cc2ccc(OC(=O)NCCNC(=O)[C@H](COC(=O)NC34CC5CC(C)(CC(C)(C5)C3)C4)NC(=O)OC(C)(C)C)c(OC)c2)cc1OC. The second kappa shape index (κ2) is 18.3. The summed E-state index contributed by atoms with van der Waals surface area (Å²) < 4.78 is 38.2. The average Bonchev–Trinajstić information content (AvgIpc) is 3.50. The molecule has 7 rings (SSSR count). The summed E-state index contributed by atoms with van der Waals surface area (Å²) in [5.74, 6) is 0.829. The molecule has 4 amide bonds. The largest absolute Gasteiger partial charge is 0.493 e. The van der Waals surface area contributed by atoms with E-state index in [2.05, 4.69) is 35.1 Å². The van der Waals surface area contributed by atoms with Gasteiger partial charge >= 0.3 is 24.2 Å². The number of rotatable bonds is 16. The molecule has 4 saturated carbocycles. The second-order valence-electron chi connectivity index (χ2n) is 19.0. The van der Waals surface area contributed by atoms with Crippen molar-refractivity contribution in [3.05, 3.63) is 47.5 Å². The molecule has 2 unspecified atom stereocenters. The van der Waals surface area contributed by atoms with E-state index in [1.54, 1.807) is 53.2 Å². The molecule has 0 aromatic heterocycles. The molecule has 4 N–H and O–H groups in total. The van der Waals surface area contributed by atoms with Gasteiger partial charge in [0, 0.05) is 24.5 Å². The number of methoxy groups -OCH3 is 3. The highest BCUT2D eigenvalue weighted by Crippen LogP contribution is 2.66. The molecule has 1 heterocycles. The van der Waals surface area contributed by atoms with E-state index < -0.39 is 48.4 Å². The molecular formula is C45H62N4O12. The molecule has 4 aliphatic carbocycles. The molecule has 16 heteroatoms. The van der Waals surface area contributed by atoms with Crippen molar-refractivity contribution < 1.29 is 57.1 Å². The van der Waals surface area contributed by atoms with Gasteiger partial charge in [0.2, 0.25) is 5.91 Å². The maximum Gasteiger partial charge on any atom is 0.412 e. The van der Waals surface area contributed by atoms with E-state index in [9.17, 15) is 24.0 Å². The molecule has 5 atom stereocenters. The molecular weight excluding hydrogens is 789 g/mol. The number of esters is 1. The van der Waals surface area contributed by atoms with E-state index in [1.807, 2.05) is 18.2 Å². The lowest BCUT2D eigenvalue weighted by Crippen LogP contribution is -2.65. The van der Waals surface area contributed by atoms with Crippen LogP contribution in [0.25, 0.3) is 0 Å². The number of carbonyl (C=O) groups is 5. The molecule has 1 saturated heterocycles. The number of carbonyl (C=O) groups excluding carboxylic acids is 5. The van der Waals surface area contributed by atoms with E-state index in [0.717, 1.165) is 36.8 Å². The fourth-order valence-corrected chi connectivity index (χ4v) is 10.8. The minimum absolute atomic E-state index is 0.0298. The minimum atomic E-state index is -1.27. The van der Waals surface area contributed by atoms with E-state index in [4.69, 9.17) is 33.2 Å². The van der Waals surface area contributed by atoms with Gasteiger partial charge in [-0.25, -0.2) is 14.4 Å². The van der Waals surface area contributed by atoms with Crippen molar-refractivity contribution in [2.75, 3.05) is 47.6 Å². The van der Waals surface area contributed by atoms with Gasteiger partial charge in [-0.3, -0.25) is 9.59 Å². The first-order chi connectivity index (χ1) is 28.8. The lowest BCUT2D eigenvalue weighted by Gasteiger charge is -2.65. The molecule has 2 aromatic carbocycles. The van der Waals surface area contributed by atoms with Crippen LogP contribution in [0.5, 0.6) is 23.0 Å². The van der Waals surface area contributed by atoms with E-state index in [0.29, 0.717) is 36.9 Å². The Kier molecular flexibility index (Phi) is 13.5. The molecule has 0 radical (unpaired) electrons. The third-order valence-electron chi connectivity index (χ3n) is 12.2. The van der Waals surface area contributed by atoms with Gasteiger partial charge in [0.25, 0.3) is 0 Å². The number of benzene rings is 2. The highest BCUT2D eigenvalue weighted by molar-refractivity contribution is 5.86. The highest BCUT2D eigenvalue weighted by atomic mass is 16.6. The monoisotopic (exact) mass is 850 g/mol. The van der Waals surface area contributed by atoms with Crippen LogP contribution in [0.3, 0.4) is 0 Å². The first-order valence-electron chi connectivity index (χ1n) is 21.0. The Labute approximate surface area is 357 Å². The van der Waals surface area contributed by atoms with Crippen LogP contribution in [0, 0.1) is 28.6 Å². The Balaban J connectivity index is 0.984. The van der Waals surface area contributed by atoms with Crippen LogP contribution >= 0.6 is 0 Å². The normalized spacial score (nSPS) is 26.6. The van der Waals surface area contributed by atoms with Crippen molar-refractivity contribution in [1.82, 2.24) is 21.3 Å². The molecule has 0 spiro atoms. The van der Waals surface area contributed by atoms with Crippen LogP contribution in [-0.2, 0) is 36.6 Å². The summed E-state index contributed by atoms with van der Waals surface area (Å²) in [6.45, 7) is 9.49. The first-order valence-corrected chi connectivity index (χ1v) is 21.0. The predicted molar refractivity (Wildman–Crippen MR) is 223 cm³/mol. The standard InChI is InChI=1S/C45H62N4O12/c1-42(2,3)61-40(53)48-32(23-59-41(54)49-45-21-29-19-43(4,25-45)24-44(5,20-29)26-45)37(50)46-13-14-47-39(52)60-34-12-10-28(18-36(34)57-8)16-31-30(22-58-38(31)51)15-27-9-11-33(55-6)35(17-27)56-7/h9-12,17-18,29-32H,13-16,19-26H2,1-8H3,(H,46,50)(H,47,52)(H,48,53)(H,49,54)/t29?,30-,31+,32-,43?,44?,45?/m0/s1. The van der Waals surface area contributed by atoms with Gasteiger partial charge in [-0.05, 0) is 124 Å². The summed E-state index contributed by atoms with van der Waals surface area (Å²) in [5.41, 5.74) is 0.940.